The van der Waals surface area contributed by atoms with Crippen LogP contribution in [0.3, 0.4) is 0 Å². The maximum Gasteiger partial charge on any atom is 0.317 e. The first-order valence-electron chi connectivity index (χ1n) is 7.15. The number of carbonyl (C=O) groups is 1. The highest BCUT2D eigenvalue weighted by Gasteiger charge is 2.22. The van der Waals surface area contributed by atoms with Gasteiger partial charge in [0.2, 0.25) is 0 Å². The third-order valence-corrected chi connectivity index (χ3v) is 4.48. The van der Waals surface area contributed by atoms with E-state index in [1.54, 1.807) is 11.3 Å². The van der Waals surface area contributed by atoms with Gasteiger partial charge in [0.1, 0.15) is 0 Å². The smallest absolute Gasteiger partial charge is 0.317 e. The van der Waals surface area contributed by atoms with Crippen LogP contribution in [0.4, 0.5) is 9.80 Å². The minimum atomic E-state index is 0.0151. The molecule has 2 N–H and O–H groups in total. The number of urea groups is 1. The Balaban J connectivity index is 1.74. The molecule has 1 fully saturated rings. The fourth-order valence-electron chi connectivity index (χ4n) is 2.35. The summed E-state index contributed by atoms with van der Waals surface area (Å²) in [4.78, 5) is 16.3. The SMILES string of the molecule is CC(CCCO)NC(=O)N1CCN(c2cccs2)CC1. The Hall–Kier alpha value is -1.27. The zero-order chi connectivity index (χ0) is 14.4. The number of nitrogens with one attached hydrogen (secondary N) is 1. The molecule has 2 rings (SSSR count). The topological polar surface area (TPSA) is 55.8 Å². The summed E-state index contributed by atoms with van der Waals surface area (Å²) in [6.45, 7) is 5.46. The third kappa shape index (κ3) is 4.11. The molecule has 0 aromatic carbocycles. The second kappa shape index (κ2) is 7.50. The Morgan fingerprint density at radius 1 is 1.45 bits per heavy atom. The van der Waals surface area contributed by atoms with E-state index in [4.69, 9.17) is 5.11 Å². The highest BCUT2D eigenvalue weighted by Crippen LogP contribution is 2.22. The summed E-state index contributed by atoms with van der Waals surface area (Å²) in [5.41, 5.74) is 0. The number of thiophene rings is 1. The van der Waals surface area contributed by atoms with Gasteiger partial charge in [-0.25, -0.2) is 4.79 Å². The first-order valence-corrected chi connectivity index (χ1v) is 8.03. The van der Waals surface area contributed by atoms with Gasteiger partial charge in [0.15, 0.2) is 0 Å². The first kappa shape index (κ1) is 15.1. The van der Waals surface area contributed by atoms with Crippen molar-refractivity contribution in [3.8, 4) is 0 Å². The molecule has 1 atom stereocenters. The van der Waals surface area contributed by atoms with Crippen molar-refractivity contribution in [1.29, 1.82) is 0 Å². The van der Waals surface area contributed by atoms with E-state index in [0.717, 1.165) is 39.0 Å². The predicted octanol–water partition coefficient (Wildman–Crippen LogP) is 1.74. The highest BCUT2D eigenvalue weighted by molar-refractivity contribution is 7.14. The lowest BCUT2D eigenvalue weighted by Gasteiger charge is -2.35. The van der Waals surface area contributed by atoms with Crippen LogP contribution < -0.4 is 10.2 Å². The quantitative estimate of drug-likeness (QED) is 0.870. The van der Waals surface area contributed by atoms with Gasteiger partial charge in [0, 0.05) is 38.8 Å². The van der Waals surface area contributed by atoms with Crippen LogP contribution in [0.5, 0.6) is 0 Å². The second-order valence-electron chi connectivity index (χ2n) is 5.14. The fourth-order valence-corrected chi connectivity index (χ4v) is 3.14. The molecular weight excluding hydrogens is 274 g/mol. The van der Waals surface area contributed by atoms with Crippen LogP contribution in [-0.4, -0.2) is 54.9 Å². The van der Waals surface area contributed by atoms with Crippen molar-refractivity contribution in [2.75, 3.05) is 37.7 Å². The molecule has 2 heterocycles. The van der Waals surface area contributed by atoms with Crippen molar-refractivity contribution in [3.05, 3.63) is 17.5 Å². The molecule has 1 aromatic rings. The molecule has 5 nitrogen and oxygen atoms in total. The lowest BCUT2D eigenvalue weighted by Crippen LogP contribution is -2.53. The molecule has 1 aliphatic heterocycles. The number of hydrogen-bond acceptors (Lipinski definition) is 4. The van der Waals surface area contributed by atoms with Crippen molar-refractivity contribution in [3.63, 3.8) is 0 Å². The summed E-state index contributed by atoms with van der Waals surface area (Å²) in [5.74, 6) is 0. The standard InChI is InChI=1S/C14H23N3O2S/c1-12(4-2-10-18)15-14(19)17-8-6-16(7-9-17)13-5-3-11-20-13/h3,5,11-12,18H,2,4,6-10H2,1H3,(H,15,19). The molecule has 2 amide bonds. The molecule has 6 heteroatoms. The average molecular weight is 297 g/mol. The van der Waals surface area contributed by atoms with Gasteiger partial charge in [-0.05, 0) is 37.3 Å². The second-order valence-corrected chi connectivity index (χ2v) is 6.07. The Bertz CT molecular complexity index is 403. The summed E-state index contributed by atoms with van der Waals surface area (Å²) >= 11 is 1.74. The Labute approximate surface area is 124 Å². The van der Waals surface area contributed by atoms with Crippen LogP contribution in [0.2, 0.25) is 0 Å². The molecule has 1 aromatic heterocycles. The van der Waals surface area contributed by atoms with Gasteiger partial charge in [0.25, 0.3) is 0 Å². The fraction of sp³-hybridized carbons (Fsp3) is 0.643. The molecule has 1 unspecified atom stereocenters. The minimum absolute atomic E-state index is 0.0151. The largest absolute Gasteiger partial charge is 0.396 e. The van der Waals surface area contributed by atoms with Gasteiger partial charge in [-0.1, -0.05) is 0 Å². The predicted molar refractivity (Wildman–Crippen MR) is 82.4 cm³/mol. The van der Waals surface area contributed by atoms with Crippen LogP contribution in [0, 0.1) is 0 Å². The monoisotopic (exact) mass is 297 g/mol. The van der Waals surface area contributed by atoms with Crippen molar-refractivity contribution in [2.24, 2.45) is 0 Å². The van der Waals surface area contributed by atoms with E-state index in [9.17, 15) is 4.79 Å². The molecule has 112 valence electrons. The van der Waals surface area contributed by atoms with Crippen molar-refractivity contribution < 1.29 is 9.90 Å². The van der Waals surface area contributed by atoms with Gasteiger partial charge in [-0.2, -0.15) is 0 Å². The molecule has 0 radical (unpaired) electrons. The summed E-state index contributed by atoms with van der Waals surface area (Å²) in [6.07, 6.45) is 1.55. The Morgan fingerprint density at radius 2 is 2.20 bits per heavy atom. The number of piperazine rings is 1. The Kier molecular flexibility index (Phi) is 5.67. The van der Waals surface area contributed by atoms with Gasteiger partial charge in [-0.3, -0.25) is 0 Å². The van der Waals surface area contributed by atoms with Gasteiger partial charge >= 0.3 is 6.03 Å². The third-order valence-electron chi connectivity index (χ3n) is 3.55. The molecule has 20 heavy (non-hydrogen) atoms. The van der Waals surface area contributed by atoms with E-state index in [2.05, 4.69) is 27.7 Å². The van der Waals surface area contributed by atoms with E-state index in [1.165, 1.54) is 5.00 Å². The van der Waals surface area contributed by atoms with Crippen molar-refractivity contribution >= 4 is 22.4 Å². The molecule has 1 aliphatic rings. The number of hydrogen-bond donors (Lipinski definition) is 2. The highest BCUT2D eigenvalue weighted by atomic mass is 32.1. The number of nitrogens with zero attached hydrogens (tertiary/aromatic N) is 2. The van der Waals surface area contributed by atoms with E-state index < -0.39 is 0 Å². The van der Waals surface area contributed by atoms with Crippen LogP contribution in [-0.2, 0) is 0 Å². The van der Waals surface area contributed by atoms with E-state index in [1.807, 2.05) is 11.8 Å². The van der Waals surface area contributed by atoms with E-state index in [-0.39, 0.29) is 18.7 Å². The number of aliphatic hydroxyl groups excluding tert-OH is 1. The van der Waals surface area contributed by atoms with Gasteiger partial charge < -0.3 is 20.2 Å². The summed E-state index contributed by atoms with van der Waals surface area (Å²) in [5, 5.41) is 15.1. The van der Waals surface area contributed by atoms with Crippen molar-refractivity contribution in [2.45, 2.75) is 25.8 Å². The van der Waals surface area contributed by atoms with E-state index in [0.29, 0.717) is 0 Å². The number of carbonyl (C=O) groups excluding carboxylic acids is 1. The lowest BCUT2D eigenvalue weighted by molar-refractivity contribution is 0.189. The van der Waals surface area contributed by atoms with Crippen LogP contribution in [0.25, 0.3) is 0 Å². The maximum absolute atomic E-state index is 12.1. The average Bonchev–Trinajstić information content (AvgIpc) is 2.99. The molecule has 0 aliphatic carbocycles. The number of aliphatic hydroxyl groups is 1. The molecular formula is C14H23N3O2S. The minimum Gasteiger partial charge on any atom is -0.396 e. The van der Waals surface area contributed by atoms with Crippen molar-refractivity contribution in [1.82, 2.24) is 10.2 Å². The zero-order valence-corrected chi connectivity index (χ0v) is 12.7. The van der Waals surface area contributed by atoms with Crippen LogP contribution >= 0.6 is 11.3 Å². The Morgan fingerprint density at radius 3 is 2.80 bits per heavy atom. The van der Waals surface area contributed by atoms with Crippen LogP contribution in [0.1, 0.15) is 19.8 Å². The summed E-state index contributed by atoms with van der Waals surface area (Å²) in [6, 6.07) is 4.31. The molecule has 0 spiro atoms. The van der Waals surface area contributed by atoms with Crippen LogP contribution in [0.15, 0.2) is 17.5 Å². The summed E-state index contributed by atoms with van der Waals surface area (Å²) < 4.78 is 0. The zero-order valence-electron chi connectivity index (χ0n) is 11.9. The van der Waals surface area contributed by atoms with Gasteiger partial charge in [-0.15, -0.1) is 11.3 Å². The maximum atomic E-state index is 12.1. The molecule has 0 bridgehead atoms. The normalized spacial score (nSPS) is 17.1. The first-order chi connectivity index (χ1) is 9.70. The van der Waals surface area contributed by atoms with E-state index >= 15 is 0 Å². The lowest BCUT2D eigenvalue weighted by atomic mass is 10.2. The summed E-state index contributed by atoms with van der Waals surface area (Å²) in [7, 11) is 0. The number of rotatable bonds is 5. The molecule has 1 saturated heterocycles. The van der Waals surface area contributed by atoms with Gasteiger partial charge in [0.05, 0.1) is 5.00 Å². The number of amides is 2. The number of anilines is 1. The molecule has 0 saturated carbocycles.